The number of ether oxygens (including phenoxy) is 2. The van der Waals surface area contributed by atoms with Crippen LogP contribution in [0.1, 0.15) is 251 Å². The van der Waals surface area contributed by atoms with E-state index in [1.807, 2.05) is 6.08 Å². The molecular formula is C63H111NO8. The Hall–Kier alpha value is -2.63. The van der Waals surface area contributed by atoms with Gasteiger partial charge in [-0.25, -0.2) is 0 Å². The first kappa shape index (κ1) is 67.4. The molecule has 1 fully saturated rings. The molecule has 72 heavy (non-hydrogen) atoms. The molecule has 1 rings (SSSR count). The van der Waals surface area contributed by atoms with Gasteiger partial charge in [0.1, 0.15) is 24.4 Å². The number of aliphatic hydroxyl groups is 5. The van der Waals surface area contributed by atoms with Gasteiger partial charge in [0.2, 0.25) is 5.91 Å². The van der Waals surface area contributed by atoms with Crippen LogP contribution in [0.3, 0.4) is 0 Å². The summed E-state index contributed by atoms with van der Waals surface area (Å²) >= 11 is 0. The van der Waals surface area contributed by atoms with E-state index in [1.165, 1.54) is 154 Å². The Morgan fingerprint density at radius 1 is 0.486 bits per heavy atom. The molecule has 0 aromatic rings. The highest BCUT2D eigenvalue weighted by Gasteiger charge is 2.44. The fraction of sp³-hybridized carbons (Fsp3) is 0.762. The number of aliphatic hydroxyl groups excluding tert-OH is 5. The Morgan fingerprint density at radius 2 is 0.875 bits per heavy atom. The summed E-state index contributed by atoms with van der Waals surface area (Å²) in [7, 11) is 0. The van der Waals surface area contributed by atoms with Crippen molar-refractivity contribution in [2.75, 3.05) is 13.2 Å². The summed E-state index contributed by atoms with van der Waals surface area (Å²) in [6.07, 6.45) is 66.7. The lowest BCUT2D eigenvalue weighted by Crippen LogP contribution is -2.60. The van der Waals surface area contributed by atoms with Crippen molar-refractivity contribution in [2.24, 2.45) is 0 Å². The molecule has 6 N–H and O–H groups in total. The number of carbonyl (C=O) groups excluding carboxylic acids is 1. The van der Waals surface area contributed by atoms with E-state index in [9.17, 15) is 30.3 Å². The van der Waals surface area contributed by atoms with Crippen molar-refractivity contribution in [3.05, 3.63) is 85.1 Å². The van der Waals surface area contributed by atoms with Gasteiger partial charge in [0.05, 0.1) is 25.4 Å². The second-order valence-corrected chi connectivity index (χ2v) is 20.4. The number of hydrogen-bond acceptors (Lipinski definition) is 8. The zero-order valence-electron chi connectivity index (χ0n) is 46.2. The third-order valence-electron chi connectivity index (χ3n) is 13.7. The second kappa shape index (κ2) is 51.8. The number of rotatable bonds is 50. The van der Waals surface area contributed by atoms with Gasteiger partial charge in [-0.05, 0) is 83.5 Å². The lowest BCUT2D eigenvalue weighted by Gasteiger charge is -2.40. The molecule has 0 saturated carbocycles. The van der Waals surface area contributed by atoms with Crippen LogP contribution in [0.2, 0.25) is 0 Å². The fourth-order valence-electron chi connectivity index (χ4n) is 9.00. The Morgan fingerprint density at radius 3 is 1.33 bits per heavy atom. The standard InChI is InChI=1S/C63H111NO8/c1-3-5-7-9-11-13-15-17-19-20-21-22-23-24-25-26-27-28-29-30-31-32-33-34-35-36-37-38-39-41-43-45-47-49-51-53-59(67)64-56(55-71-63-62(70)61(69)60(68)58(54-65)72-63)57(66)52-50-48-46-44-42-40-18-16-14-12-10-8-6-4-2/h5,7,11,13-14,16-17,19,21-22,42,44,50,52,56-58,60-63,65-66,68-70H,3-4,6,8-10,12,15,18,20,23-41,43,45-49,51,53-55H2,1-2H3,(H,64,67)/b7-5-,13-11-,16-14+,19-17-,22-21-,44-42+,52-50+. The molecule has 7 unspecified atom stereocenters. The van der Waals surface area contributed by atoms with E-state index in [-0.39, 0.29) is 12.5 Å². The van der Waals surface area contributed by atoms with Crippen LogP contribution in [0.5, 0.6) is 0 Å². The SMILES string of the molecule is CC/C=C\C/C=C\C/C=C\C/C=C\CCCCCCCCCCCCCCCCCCCCCCCCC(=O)NC(COC1OC(CO)C(O)C(O)C1O)C(O)/C=C/CC/C=C/CC/C=C/CCCCCC. The summed E-state index contributed by atoms with van der Waals surface area (Å²) in [6, 6.07) is -0.829. The topological polar surface area (TPSA) is 149 Å². The normalized spacial score (nSPS) is 19.8. The molecule has 1 aliphatic heterocycles. The number of nitrogens with one attached hydrogen (secondary N) is 1. The van der Waals surface area contributed by atoms with Gasteiger partial charge in [0.25, 0.3) is 0 Å². The lowest BCUT2D eigenvalue weighted by atomic mass is 9.99. The Kier molecular flexibility index (Phi) is 48.5. The molecule has 0 aromatic heterocycles. The first-order chi connectivity index (χ1) is 35.3. The van der Waals surface area contributed by atoms with E-state index in [2.05, 4.69) is 92.1 Å². The highest BCUT2D eigenvalue weighted by molar-refractivity contribution is 5.76. The number of carbonyl (C=O) groups is 1. The molecule has 0 aliphatic carbocycles. The van der Waals surface area contributed by atoms with Gasteiger partial charge in [-0.1, -0.05) is 247 Å². The molecule has 0 spiro atoms. The first-order valence-corrected chi connectivity index (χ1v) is 29.8. The van der Waals surface area contributed by atoms with Crippen molar-refractivity contribution in [2.45, 2.75) is 294 Å². The van der Waals surface area contributed by atoms with E-state index >= 15 is 0 Å². The number of allylic oxidation sites excluding steroid dienone is 13. The maximum atomic E-state index is 13.0. The molecule has 0 radical (unpaired) electrons. The fourth-order valence-corrected chi connectivity index (χ4v) is 9.00. The molecule has 0 bridgehead atoms. The average molecular weight is 1010 g/mol. The quantitative estimate of drug-likeness (QED) is 0.0261. The van der Waals surface area contributed by atoms with Crippen molar-refractivity contribution in [3.8, 4) is 0 Å². The van der Waals surface area contributed by atoms with Gasteiger partial charge >= 0.3 is 0 Å². The zero-order valence-corrected chi connectivity index (χ0v) is 46.2. The molecule has 1 amide bonds. The van der Waals surface area contributed by atoms with Crippen molar-refractivity contribution in [1.82, 2.24) is 5.32 Å². The summed E-state index contributed by atoms with van der Waals surface area (Å²) in [5.74, 6) is -0.191. The monoisotopic (exact) mass is 1010 g/mol. The summed E-state index contributed by atoms with van der Waals surface area (Å²) < 4.78 is 11.2. The molecule has 416 valence electrons. The third kappa shape index (κ3) is 40.7. The predicted molar refractivity (Wildman–Crippen MR) is 304 cm³/mol. The Balaban J connectivity index is 2.11. The van der Waals surface area contributed by atoms with Crippen molar-refractivity contribution in [3.63, 3.8) is 0 Å². The van der Waals surface area contributed by atoms with Crippen LogP contribution in [-0.4, -0.2) is 87.5 Å². The van der Waals surface area contributed by atoms with Crippen LogP contribution in [0.15, 0.2) is 85.1 Å². The number of amides is 1. The average Bonchev–Trinajstić information content (AvgIpc) is 3.38. The molecule has 1 aliphatic rings. The second-order valence-electron chi connectivity index (χ2n) is 20.4. The Bertz CT molecular complexity index is 1400. The van der Waals surface area contributed by atoms with Crippen LogP contribution in [0.4, 0.5) is 0 Å². The van der Waals surface area contributed by atoms with Crippen LogP contribution in [0.25, 0.3) is 0 Å². The summed E-state index contributed by atoms with van der Waals surface area (Å²) in [4.78, 5) is 13.0. The Labute approximate surface area is 441 Å². The van der Waals surface area contributed by atoms with E-state index in [4.69, 9.17) is 9.47 Å². The summed E-state index contributed by atoms with van der Waals surface area (Å²) in [5.41, 5.74) is 0. The molecule has 9 heteroatoms. The molecule has 1 saturated heterocycles. The summed E-state index contributed by atoms with van der Waals surface area (Å²) in [6.45, 7) is 3.62. The molecule has 7 atom stereocenters. The highest BCUT2D eigenvalue weighted by atomic mass is 16.7. The van der Waals surface area contributed by atoms with Crippen LogP contribution >= 0.6 is 0 Å². The minimum Gasteiger partial charge on any atom is -0.394 e. The van der Waals surface area contributed by atoms with Crippen LogP contribution < -0.4 is 5.32 Å². The largest absolute Gasteiger partial charge is 0.394 e. The van der Waals surface area contributed by atoms with Gasteiger partial charge in [-0.3, -0.25) is 4.79 Å². The van der Waals surface area contributed by atoms with Gasteiger partial charge in [0.15, 0.2) is 6.29 Å². The van der Waals surface area contributed by atoms with Gasteiger partial charge in [0, 0.05) is 6.42 Å². The lowest BCUT2D eigenvalue weighted by molar-refractivity contribution is -0.302. The molecule has 0 aromatic carbocycles. The maximum Gasteiger partial charge on any atom is 0.220 e. The van der Waals surface area contributed by atoms with E-state index < -0.39 is 49.5 Å². The van der Waals surface area contributed by atoms with Gasteiger partial charge in [-0.2, -0.15) is 0 Å². The van der Waals surface area contributed by atoms with Gasteiger partial charge in [-0.15, -0.1) is 0 Å². The van der Waals surface area contributed by atoms with Crippen molar-refractivity contribution < 1.29 is 39.8 Å². The minimum absolute atomic E-state index is 0.191. The maximum absolute atomic E-state index is 13.0. The van der Waals surface area contributed by atoms with Crippen LogP contribution in [-0.2, 0) is 14.3 Å². The summed E-state index contributed by atoms with van der Waals surface area (Å²) in [5, 5.41) is 54.4. The smallest absolute Gasteiger partial charge is 0.220 e. The predicted octanol–water partition coefficient (Wildman–Crippen LogP) is 15.0. The van der Waals surface area contributed by atoms with Crippen molar-refractivity contribution in [1.29, 1.82) is 0 Å². The molecule has 9 nitrogen and oxygen atoms in total. The minimum atomic E-state index is -1.58. The molecular weight excluding hydrogens is 899 g/mol. The zero-order chi connectivity index (χ0) is 52.2. The van der Waals surface area contributed by atoms with Gasteiger partial charge < -0.3 is 40.3 Å². The van der Waals surface area contributed by atoms with Crippen molar-refractivity contribution >= 4 is 5.91 Å². The third-order valence-corrected chi connectivity index (χ3v) is 13.7. The first-order valence-electron chi connectivity index (χ1n) is 29.8. The van der Waals surface area contributed by atoms with E-state index in [0.29, 0.717) is 6.42 Å². The highest BCUT2D eigenvalue weighted by Crippen LogP contribution is 2.23. The van der Waals surface area contributed by atoms with Crippen LogP contribution in [0, 0.1) is 0 Å². The van der Waals surface area contributed by atoms with E-state index in [0.717, 1.165) is 77.0 Å². The van der Waals surface area contributed by atoms with E-state index in [1.54, 1.807) is 6.08 Å². The number of unbranched alkanes of at least 4 members (excludes halogenated alkanes) is 28. The molecule has 1 heterocycles. The number of hydrogen-bond donors (Lipinski definition) is 6.